The summed E-state index contributed by atoms with van der Waals surface area (Å²) in [7, 11) is -4.09. The van der Waals surface area contributed by atoms with Gasteiger partial charge in [-0.3, -0.25) is 9.59 Å². The lowest BCUT2D eigenvalue weighted by molar-refractivity contribution is -0.117. The molecule has 0 aliphatic carbocycles. The van der Waals surface area contributed by atoms with Gasteiger partial charge in [0.05, 0.1) is 4.90 Å². The second kappa shape index (κ2) is 9.50. The number of anilines is 1. The number of nitrogens with two attached hydrogens (primary N) is 1. The first-order valence-electron chi connectivity index (χ1n) is 9.27. The molecule has 2 amide bonds. The Balaban J connectivity index is 1.83. The average Bonchev–Trinajstić information content (AvgIpc) is 2.74. The maximum Gasteiger partial charge on any atom is 0.248 e. The van der Waals surface area contributed by atoms with E-state index in [4.69, 9.17) is 5.73 Å². The van der Waals surface area contributed by atoms with Gasteiger partial charge >= 0.3 is 0 Å². The van der Waals surface area contributed by atoms with Crippen molar-refractivity contribution in [3.8, 4) is 0 Å². The van der Waals surface area contributed by atoms with E-state index < -0.39 is 33.7 Å². The number of hydrogen-bond donors (Lipinski definition) is 3. The Kier molecular flexibility index (Phi) is 6.78. The van der Waals surface area contributed by atoms with Crippen molar-refractivity contribution in [2.75, 3.05) is 5.32 Å². The monoisotopic (exact) mass is 441 g/mol. The van der Waals surface area contributed by atoms with Crippen molar-refractivity contribution in [1.29, 1.82) is 0 Å². The summed E-state index contributed by atoms with van der Waals surface area (Å²) < 4.78 is 41.1. The molecule has 3 rings (SSSR count). The minimum absolute atomic E-state index is 0.0897. The number of sulfonamides is 1. The van der Waals surface area contributed by atoms with Gasteiger partial charge in [-0.1, -0.05) is 30.3 Å². The smallest absolute Gasteiger partial charge is 0.248 e. The zero-order valence-corrected chi connectivity index (χ0v) is 17.1. The SMILES string of the molecule is NC(=O)c1ccc(NC(=O)C(Cc2ccccc2)NS(=O)(=O)c2ccc(F)cc2)cc1. The summed E-state index contributed by atoms with van der Waals surface area (Å²) >= 11 is 0. The third-order valence-corrected chi connectivity index (χ3v) is 5.95. The van der Waals surface area contributed by atoms with Crippen molar-refractivity contribution in [1.82, 2.24) is 4.72 Å². The van der Waals surface area contributed by atoms with E-state index in [-0.39, 0.29) is 16.9 Å². The van der Waals surface area contributed by atoms with E-state index in [1.807, 2.05) is 6.07 Å². The van der Waals surface area contributed by atoms with Crippen LogP contribution in [-0.2, 0) is 21.2 Å². The van der Waals surface area contributed by atoms with Crippen LogP contribution in [-0.4, -0.2) is 26.3 Å². The van der Waals surface area contributed by atoms with E-state index in [1.54, 1.807) is 24.3 Å². The maximum absolute atomic E-state index is 13.2. The Hall–Kier alpha value is -3.56. The first-order chi connectivity index (χ1) is 14.7. The molecule has 3 aromatic carbocycles. The number of carbonyl (C=O) groups is 2. The zero-order valence-electron chi connectivity index (χ0n) is 16.3. The maximum atomic E-state index is 13.2. The van der Waals surface area contributed by atoms with Gasteiger partial charge in [0, 0.05) is 11.3 Å². The molecule has 3 aromatic rings. The highest BCUT2D eigenvalue weighted by atomic mass is 32.2. The molecular weight excluding hydrogens is 421 g/mol. The molecule has 0 aliphatic rings. The number of benzene rings is 3. The highest BCUT2D eigenvalue weighted by molar-refractivity contribution is 7.89. The topological polar surface area (TPSA) is 118 Å². The highest BCUT2D eigenvalue weighted by Crippen LogP contribution is 2.15. The van der Waals surface area contributed by atoms with Crippen LogP contribution in [0.2, 0.25) is 0 Å². The first-order valence-corrected chi connectivity index (χ1v) is 10.8. The fourth-order valence-corrected chi connectivity index (χ4v) is 4.05. The number of primary amides is 1. The normalized spacial score (nSPS) is 12.2. The minimum atomic E-state index is -4.09. The molecule has 0 heterocycles. The summed E-state index contributed by atoms with van der Waals surface area (Å²) in [5, 5.41) is 2.63. The Morgan fingerprint density at radius 3 is 2.10 bits per heavy atom. The molecule has 0 saturated carbocycles. The summed E-state index contributed by atoms with van der Waals surface area (Å²) in [6.45, 7) is 0. The molecule has 0 fully saturated rings. The standard InChI is InChI=1S/C22H20FN3O4S/c23-17-8-12-19(13-9-17)31(29,30)26-20(14-15-4-2-1-3-5-15)22(28)25-18-10-6-16(7-11-18)21(24)27/h1-13,20,26H,14H2,(H2,24,27)(H,25,28). The van der Waals surface area contributed by atoms with Crippen LogP contribution in [0.15, 0.2) is 83.8 Å². The van der Waals surface area contributed by atoms with Gasteiger partial charge in [0.15, 0.2) is 0 Å². The van der Waals surface area contributed by atoms with Gasteiger partial charge in [0.25, 0.3) is 0 Å². The third-order valence-electron chi connectivity index (χ3n) is 4.46. The van der Waals surface area contributed by atoms with Crippen LogP contribution in [0, 0.1) is 5.82 Å². The van der Waals surface area contributed by atoms with Gasteiger partial charge in [0.1, 0.15) is 11.9 Å². The van der Waals surface area contributed by atoms with Crippen LogP contribution >= 0.6 is 0 Å². The zero-order chi connectivity index (χ0) is 22.4. The second-order valence-electron chi connectivity index (χ2n) is 6.75. The lowest BCUT2D eigenvalue weighted by atomic mass is 10.1. The van der Waals surface area contributed by atoms with E-state index in [9.17, 15) is 22.4 Å². The molecule has 1 unspecified atom stereocenters. The number of halogens is 1. The van der Waals surface area contributed by atoms with Crippen LogP contribution in [0.3, 0.4) is 0 Å². The minimum Gasteiger partial charge on any atom is -0.366 e. The molecule has 1 atom stereocenters. The van der Waals surface area contributed by atoms with E-state index >= 15 is 0 Å². The quantitative estimate of drug-likeness (QED) is 0.498. The summed E-state index contributed by atoms with van der Waals surface area (Å²) in [4.78, 5) is 23.9. The number of rotatable bonds is 8. The average molecular weight is 441 g/mol. The molecule has 0 radical (unpaired) electrons. The van der Waals surface area contributed by atoms with Gasteiger partial charge < -0.3 is 11.1 Å². The van der Waals surface area contributed by atoms with Crippen molar-refractivity contribution in [3.05, 3.63) is 95.8 Å². The molecular formula is C22H20FN3O4S. The predicted molar refractivity (Wildman–Crippen MR) is 114 cm³/mol. The van der Waals surface area contributed by atoms with Crippen molar-refractivity contribution >= 4 is 27.5 Å². The lowest BCUT2D eigenvalue weighted by Crippen LogP contribution is -2.45. The fourth-order valence-electron chi connectivity index (χ4n) is 2.85. The van der Waals surface area contributed by atoms with Gasteiger partial charge in [-0.2, -0.15) is 4.72 Å². The van der Waals surface area contributed by atoms with Gasteiger partial charge in [-0.25, -0.2) is 12.8 Å². The third kappa shape index (κ3) is 5.97. The van der Waals surface area contributed by atoms with Gasteiger partial charge in [-0.15, -0.1) is 0 Å². The number of hydrogen-bond acceptors (Lipinski definition) is 4. The Morgan fingerprint density at radius 1 is 0.903 bits per heavy atom. The van der Waals surface area contributed by atoms with Crippen LogP contribution in [0.5, 0.6) is 0 Å². The van der Waals surface area contributed by atoms with Crippen LogP contribution < -0.4 is 15.8 Å². The number of nitrogens with one attached hydrogen (secondary N) is 2. The second-order valence-corrected chi connectivity index (χ2v) is 8.46. The molecule has 31 heavy (non-hydrogen) atoms. The fraction of sp³-hybridized carbons (Fsp3) is 0.0909. The molecule has 9 heteroatoms. The van der Waals surface area contributed by atoms with Crippen molar-refractivity contribution in [2.24, 2.45) is 5.73 Å². The molecule has 0 aliphatic heterocycles. The van der Waals surface area contributed by atoms with Gasteiger partial charge in [0.2, 0.25) is 21.8 Å². The summed E-state index contributed by atoms with van der Waals surface area (Å²) in [6.07, 6.45) is 0.0897. The van der Waals surface area contributed by atoms with E-state index in [0.29, 0.717) is 5.69 Å². The largest absolute Gasteiger partial charge is 0.366 e. The van der Waals surface area contributed by atoms with E-state index in [2.05, 4.69) is 10.0 Å². The Labute approximate surface area is 179 Å². The van der Waals surface area contributed by atoms with Crippen LogP contribution in [0.1, 0.15) is 15.9 Å². The molecule has 0 saturated heterocycles. The Morgan fingerprint density at radius 2 is 1.52 bits per heavy atom. The van der Waals surface area contributed by atoms with Crippen LogP contribution in [0.4, 0.5) is 10.1 Å². The molecule has 160 valence electrons. The van der Waals surface area contributed by atoms with Crippen molar-refractivity contribution in [2.45, 2.75) is 17.4 Å². The summed E-state index contributed by atoms with van der Waals surface area (Å²) in [5.41, 5.74) is 6.59. The molecule has 4 N–H and O–H groups in total. The Bertz CT molecular complexity index is 1170. The van der Waals surface area contributed by atoms with Crippen LogP contribution in [0.25, 0.3) is 0 Å². The highest BCUT2D eigenvalue weighted by Gasteiger charge is 2.26. The predicted octanol–water partition coefficient (Wildman–Crippen LogP) is 2.45. The molecule has 0 spiro atoms. The molecule has 0 bridgehead atoms. The number of carbonyl (C=O) groups excluding carboxylic acids is 2. The molecule has 0 aromatic heterocycles. The van der Waals surface area contributed by atoms with E-state index in [0.717, 1.165) is 29.8 Å². The molecule has 7 nitrogen and oxygen atoms in total. The van der Waals surface area contributed by atoms with E-state index in [1.165, 1.54) is 24.3 Å². The van der Waals surface area contributed by atoms with Gasteiger partial charge in [-0.05, 0) is 60.5 Å². The first kappa shape index (κ1) is 22.1. The summed E-state index contributed by atoms with van der Waals surface area (Å²) in [6, 6.07) is 18.0. The number of amides is 2. The van der Waals surface area contributed by atoms with Crippen molar-refractivity contribution < 1.29 is 22.4 Å². The lowest BCUT2D eigenvalue weighted by Gasteiger charge is -2.19. The summed E-state index contributed by atoms with van der Waals surface area (Å²) in [5.74, 6) is -1.77. The van der Waals surface area contributed by atoms with Crippen molar-refractivity contribution in [3.63, 3.8) is 0 Å².